The van der Waals surface area contributed by atoms with E-state index in [0.29, 0.717) is 23.9 Å². The Kier molecular flexibility index (Phi) is 2.76. The lowest BCUT2D eigenvalue weighted by molar-refractivity contribution is -0.131. The molecular weight excluding hydrogens is 150 g/mol. The van der Waals surface area contributed by atoms with Gasteiger partial charge in [0.15, 0.2) is 0 Å². The first-order chi connectivity index (χ1) is 5.54. The SMILES string of the molecule is CC(C)[C@@H]1CCC(=O)N1C(C)C. The van der Waals surface area contributed by atoms with Crippen molar-refractivity contribution in [1.29, 1.82) is 0 Å². The summed E-state index contributed by atoms with van der Waals surface area (Å²) in [5.74, 6) is 0.933. The van der Waals surface area contributed by atoms with E-state index in [2.05, 4.69) is 27.7 Å². The summed E-state index contributed by atoms with van der Waals surface area (Å²) in [4.78, 5) is 13.5. The number of rotatable bonds is 2. The van der Waals surface area contributed by atoms with E-state index in [4.69, 9.17) is 0 Å². The van der Waals surface area contributed by atoms with Crippen LogP contribution in [-0.2, 0) is 4.79 Å². The fourth-order valence-corrected chi connectivity index (χ4v) is 2.05. The highest BCUT2D eigenvalue weighted by Crippen LogP contribution is 2.26. The second-order valence-corrected chi connectivity index (χ2v) is 4.24. The number of hydrogen-bond donors (Lipinski definition) is 0. The van der Waals surface area contributed by atoms with Crippen LogP contribution in [0.15, 0.2) is 0 Å². The molecule has 1 rings (SSSR count). The third-order valence-corrected chi connectivity index (χ3v) is 2.63. The summed E-state index contributed by atoms with van der Waals surface area (Å²) in [5.41, 5.74) is 0. The lowest BCUT2D eigenvalue weighted by atomic mass is 10.0. The molecule has 12 heavy (non-hydrogen) atoms. The van der Waals surface area contributed by atoms with Crippen molar-refractivity contribution in [3.05, 3.63) is 0 Å². The number of likely N-dealkylation sites (tertiary alicyclic amines) is 1. The van der Waals surface area contributed by atoms with Crippen molar-refractivity contribution >= 4 is 5.91 Å². The van der Waals surface area contributed by atoms with Gasteiger partial charge in [0.1, 0.15) is 0 Å². The van der Waals surface area contributed by atoms with Gasteiger partial charge in [-0.1, -0.05) is 13.8 Å². The van der Waals surface area contributed by atoms with E-state index in [1.807, 2.05) is 4.90 Å². The van der Waals surface area contributed by atoms with Crippen LogP contribution in [-0.4, -0.2) is 22.9 Å². The number of carbonyl (C=O) groups excluding carboxylic acids is 1. The molecule has 70 valence electrons. The predicted octanol–water partition coefficient (Wildman–Crippen LogP) is 2.04. The summed E-state index contributed by atoms with van der Waals surface area (Å²) in [6.45, 7) is 8.58. The second kappa shape index (κ2) is 3.46. The third-order valence-electron chi connectivity index (χ3n) is 2.63. The first kappa shape index (κ1) is 9.56. The van der Waals surface area contributed by atoms with E-state index in [9.17, 15) is 4.79 Å². The Morgan fingerprint density at radius 2 is 1.92 bits per heavy atom. The summed E-state index contributed by atoms with van der Waals surface area (Å²) >= 11 is 0. The zero-order chi connectivity index (χ0) is 9.30. The fraction of sp³-hybridized carbons (Fsp3) is 0.900. The lowest BCUT2D eigenvalue weighted by Gasteiger charge is -2.31. The van der Waals surface area contributed by atoms with Crippen LogP contribution in [0.25, 0.3) is 0 Å². The highest BCUT2D eigenvalue weighted by Gasteiger charge is 2.34. The van der Waals surface area contributed by atoms with Gasteiger partial charge in [-0.05, 0) is 26.2 Å². The second-order valence-electron chi connectivity index (χ2n) is 4.24. The summed E-state index contributed by atoms with van der Waals surface area (Å²) < 4.78 is 0. The van der Waals surface area contributed by atoms with E-state index in [-0.39, 0.29) is 0 Å². The minimum absolute atomic E-state index is 0.337. The fourth-order valence-electron chi connectivity index (χ4n) is 2.05. The smallest absolute Gasteiger partial charge is 0.223 e. The molecule has 2 heteroatoms. The Bertz CT molecular complexity index is 175. The first-order valence-electron chi connectivity index (χ1n) is 4.85. The minimum Gasteiger partial charge on any atom is -0.337 e. The van der Waals surface area contributed by atoms with Crippen LogP contribution in [0, 0.1) is 5.92 Å². The van der Waals surface area contributed by atoms with Crippen molar-refractivity contribution < 1.29 is 4.79 Å². The maximum absolute atomic E-state index is 11.5. The minimum atomic E-state index is 0.337. The Hall–Kier alpha value is -0.530. The van der Waals surface area contributed by atoms with Gasteiger partial charge in [-0.3, -0.25) is 4.79 Å². The number of carbonyl (C=O) groups is 1. The molecular formula is C10H19NO. The van der Waals surface area contributed by atoms with Gasteiger partial charge in [-0.25, -0.2) is 0 Å². The molecule has 0 saturated carbocycles. The molecule has 1 amide bonds. The largest absolute Gasteiger partial charge is 0.337 e. The van der Waals surface area contributed by atoms with Gasteiger partial charge in [-0.2, -0.15) is 0 Å². The van der Waals surface area contributed by atoms with E-state index < -0.39 is 0 Å². The van der Waals surface area contributed by atoms with Gasteiger partial charge in [0.2, 0.25) is 5.91 Å². The zero-order valence-electron chi connectivity index (χ0n) is 8.50. The van der Waals surface area contributed by atoms with Gasteiger partial charge < -0.3 is 4.90 Å². The summed E-state index contributed by atoms with van der Waals surface area (Å²) in [6.07, 6.45) is 1.80. The number of amides is 1. The van der Waals surface area contributed by atoms with Crippen LogP contribution in [0.1, 0.15) is 40.5 Å². The van der Waals surface area contributed by atoms with Crippen LogP contribution in [0.3, 0.4) is 0 Å². The van der Waals surface area contributed by atoms with Crippen molar-refractivity contribution in [2.75, 3.05) is 0 Å². The van der Waals surface area contributed by atoms with Crippen molar-refractivity contribution in [2.45, 2.75) is 52.6 Å². The molecule has 1 aliphatic heterocycles. The maximum Gasteiger partial charge on any atom is 0.223 e. The highest BCUT2D eigenvalue weighted by molar-refractivity contribution is 5.79. The van der Waals surface area contributed by atoms with Crippen molar-refractivity contribution in [2.24, 2.45) is 5.92 Å². The number of nitrogens with zero attached hydrogens (tertiary/aromatic N) is 1. The normalized spacial score (nSPS) is 24.7. The Morgan fingerprint density at radius 3 is 2.25 bits per heavy atom. The molecule has 1 atom stereocenters. The summed E-state index contributed by atoms with van der Waals surface area (Å²) in [6, 6.07) is 0.852. The molecule has 1 aliphatic rings. The quantitative estimate of drug-likeness (QED) is 0.619. The van der Waals surface area contributed by atoms with Crippen molar-refractivity contribution in [3.8, 4) is 0 Å². The van der Waals surface area contributed by atoms with Crippen LogP contribution in [0.4, 0.5) is 0 Å². The van der Waals surface area contributed by atoms with E-state index in [1.165, 1.54) is 0 Å². The number of hydrogen-bond acceptors (Lipinski definition) is 1. The standard InChI is InChI=1S/C10H19NO/c1-7(2)9-5-6-10(12)11(9)8(3)4/h7-9H,5-6H2,1-4H3/t9-/m0/s1. The average Bonchev–Trinajstić information content (AvgIpc) is 2.30. The van der Waals surface area contributed by atoms with E-state index >= 15 is 0 Å². The molecule has 0 unspecified atom stereocenters. The van der Waals surface area contributed by atoms with Crippen LogP contribution < -0.4 is 0 Å². The molecule has 1 saturated heterocycles. The molecule has 0 aromatic heterocycles. The predicted molar refractivity (Wildman–Crippen MR) is 49.8 cm³/mol. The van der Waals surface area contributed by atoms with Crippen molar-refractivity contribution in [3.63, 3.8) is 0 Å². The molecule has 2 nitrogen and oxygen atoms in total. The monoisotopic (exact) mass is 169 g/mol. The molecule has 0 N–H and O–H groups in total. The van der Waals surface area contributed by atoms with Gasteiger partial charge >= 0.3 is 0 Å². The maximum atomic E-state index is 11.5. The average molecular weight is 169 g/mol. The van der Waals surface area contributed by atoms with Gasteiger partial charge in [-0.15, -0.1) is 0 Å². The van der Waals surface area contributed by atoms with Crippen LogP contribution >= 0.6 is 0 Å². The molecule has 0 aromatic carbocycles. The highest BCUT2D eigenvalue weighted by atomic mass is 16.2. The molecule has 1 heterocycles. The Morgan fingerprint density at radius 1 is 1.33 bits per heavy atom. The third kappa shape index (κ3) is 1.62. The van der Waals surface area contributed by atoms with Gasteiger partial charge in [0, 0.05) is 18.5 Å². The molecule has 0 aromatic rings. The Balaban J connectivity index is 2.70. The van der Waals surface area contributed by atoms with Crippen molar-refractivity contribution in [1.82, 2.24) is 4.90 Å². The van der Waals surface area contributed by atoms with Crippen LogP contribution in [0.2, 0.25) is 0 Å². The van der Waals surface area contributed by atoms with E-state index in [0.717, 1.165) is 12.8 Å². The van der Waals surface area contributed by atoms with Crippen LogP contribution in [0.5, 0.6) is 0 Å². The molecule has 0 aliphatic carbocycles. The van der Waals surface area contributed by atoms with E-state index in [1.54, 1.807) is 0 Å². The first-order valence-corrected chi connectivity index (χ1v) is 4.85. The van der Waals surface area contributed by atoms with Gasteiger partial charge in [0.25, 0.3) is 0 Å². The lowest BCUT2D eigenvalue weighted by Crippen LogP contribution is -2.41. The molecule has 0 bridgehead atoms. The summed E-state index contributed by atoms with van der Waals surface area (Å²) in [7, 11) is 0. The molecule has 0 spiro atoms. The molecule has 1 fully saturated rings. The van der Waals surface area contributed by atoms with Gasteiger partial charge in [0.05, 0.1) is 0 Å². The molecule has 0 radical (unpaired) electrons. The Labute approximate surface area is 74.9 Å². The summed E-state index contributed by atoms with van der Waals surface area (Å²) in [5, 5.41) is 0. The zero-order valence-corrected chi connectivity index (χ0v) is 8.50. The topological polar surface area (TPSA) is 20.3 Å².